The number of nitrogens with two attached hydrogens (primary N) is 1. The van der Waals surface area contributed by atoms with Gasteiger partial charge in [-0.2, -0.15) is 0 Å². The Labute approximate surface area is 76.9 Å². The van der Waals surface area contributed by atoms with E-state index in [0.717, 1.165) is 24.9 Å². The second-order valence-electron chi connectivity index (χ2n) is 3.83. The molecule has 3 N–H and O–H groups in total. The Bertz CT molecular complexity index is 91.8. The summed E-state index contributed by atoms with van der Waals surface area (Å²) in [5, 5.41) is 3.17. The topological polar surface area (TPSA) is 38.0 Å². The van der Waals surface area contributed by atoms with Gasteiger partial charge in [-0.3, -0.25) is 0 Å². The molecule has 0 aromatic heterocycles. The summed E-state index contributed by atoms with van der Waals surface area (Å²) in [6.45, 7) is 6.55. The van der Waals surface area contributed by atoms with Crippen LogP contribution in [0.4, 0.5) is 0 Å². The van der Waals surface area contributed by atoms with Gasteiger partial charge in [-0.25, -0.2) is 0 Å². The van der Waals surface area contributed by atoms with Gasteiger partial charge in [0.2, 0.25) is 0 Å². The zero-order valence-corrected chi connectivity index (χ0v) is 8.77. The minimum atomic E-state index is 0.783. The largest absolute Gasteiger partial charge is 0.330 e. The zero-order valence-electron chi connectivity index (χ0n) is 8.77. The molecule has 0 saturated heterocycles. The monoisotopic (exact) mass is 172 g/mol. The van der Waals surface area contributed by atoms with Gasteiger partial charge in [0.15, 0.2) is 0 Å². The third-order valence-corrected chi connectivity index (χ3v) is 2.48. The van der Waals surface area contributed by atoms with E-state index in [1.165, 1.54) is 19.3 Å². The van der Waals surface area contributed by atoms with Crippen LogP contribution in [0.2, 0.25) is 0 Å². The first-order chi connectivity index (χ1) is 5.72. The van der Waals surface area contributed by atoms with Crippen molar-refractivity contribution in [3.05, 3.63) is 0 Å². The summed E-state index contributed by atoms with van der Waals surface area (Å²) in [4.78, 5) is 0. The van der Waals surface area contributed by atoms with Crippen molar-refractivity contribution in [3.63, 3.8) is 0 Å². The number of hydrogen-bond acceptors (Lipinski definition) is 2. The minimum Gasteiger partial charge on any atom is -0.330 e. The third kappa shape index (κ3) is 5.56. The predicted octanol–water partition coefficient (Wildman–Crippen LogP) is 1.61. The Morgan fingerprint density at radius 2 is 1.92 bits per heavy atom. The van der Waals surface area contributed by atoms with Crippen LogP contribution in [0.5, 0.6) is 0 Å². The van der Waals surface area contributed by atoms with E-state index in [2.05, 4.69) is 19.2 Å². The van der Waals surface area contributed by atoms with Crippen LogP contribution >= 0.6 is 0 Å². The molecule has 0 spiro atoms. The van der Waals surface area contributed by atoms with Crippen molar-refractivity contribution in [2.45, 2.75) is 33.1 Å². The molecule has 0 aromatic carbocycles. The molecule has 0 aromatic rings. The average molecular weight is 172 g/mol. The van der Waals surface area contributed by atoms with Gasteiger partial charge in [0, 0.05) is 0 Å². The fourth-order valence-corrected chi connectivity index (χ4v) is 1.57. The molecule has 0 saturated carbocycles. The molecule has 0 aliphatic rings. The van der Waals surface area contributed by atoms with Crippen molar-refractivity contribution >= 4 is 0 Å². The highest BCUT2D eigenvalue weighted by Crippen LogP contribution is 2.19. The van der Waals surface area contributed by atoms with Gasteiger partial charge in [0.1, 0.15) is 0 Å². The van der Waals surface area contributed by atoms with Gasteiger partial charge < -0.3 is 11.1 Å². The third-order valence-electron chi connectivity index (χ3n) is 2.48. The molecule has 0 rings (SSSR count). The maximum Gasteiger partial charge on any atom is -0.00518 e. The summed E-state index contributed by atoms with van der Waals surface area (Å²) in [5.74, 6) is 1.61. The second-order valence-corrected chi connectivity index (χ2v) is 3.83. The lowest BCUT2D eigenvalue weighted by atomic mass is 9.88. The molecule has 2 nitrogen and oxygen atoms in total. The van der Waals surface area contributed by atoms with Crippen LogP contribution in [-0.4, -0.2) is 20.1 Å². The smallest absolute Gasteiger partial charge is 0.00518 e. The lowest BCUT2D eigenvalue weighted by Crippen LogP contribution is -2.16. The Balaban J connectivity index is 3.49. The fourth-order valence-electron chi connectivity index (χ4n) is 1.57. The lowest BCUT2D eigenvalue weighted by Gasteiger charge is -2.19. The highest BCUT2D eigenvalue weighted by atomic mass is 14.8. The van der Waals surface area contributed by atoms with Gasteiger partial charge in [-0.15, -0.1) is 0 Å². The Hall–Kier alpha value is -0.0800. The van der Waals surface area contributed by atoms with Gasteiger partial charge in [0.25, 0.3) is 0 Å². The lowest BCUT2D eigenvalue weighted by molar-refractivity contribution is 0.332. The summed E-state index contributed by atoms with van der Waals surface area (Å²) >= 11 is 0. The first kappa shape index (κ1) is 11.9. The van der Waals surface area contributed by atoms with Crippen LogP contribution in [0.3, 0.4) is 0 Å². The summed E-state index contributed by atoms with van der Waals surface area (Å²) in [6, 6.07) is 0. The van der Waals surface area contributed by atoms with Crippen LogP contribution in [0, 0.1) is 11.8 Å². The molecular weight excluding hydrogens is 148 g/mol. The molecule has 0 aliphatic heterocycles. The standard InChI is InChI=1S/C10H24N2/c1-9(2)10(6-7-11)5-4-8-12-3/h9-10,12H,4-8,11H2,1-3H3. The molecule has 1 atom stereocenters. The SMILES string of the molecule is CNCCCC(CCN)C(C)C. The molecule has 0 bridgehead atoms. The van der Waals surface area contributed by atoms with Crippen molar-refractivity contribution in [1.29, 1.82) is 0 Å². The van der Waals surface area contributed by atoms with Gasteiger partial charge in [0.05, 0.1) is 0 Å². The number of hydrogen-bond donors (Lipinski definition) is 2. The van der Waals surface area contributed by atoms with E-state index in [1.807, 2.05) is 7.05 Å². The van der Waals surface area contributed by atoms with Crippen LogP contribution in [0.15, 0.2) is 0 Å². The molecule has 12 heavy (non-hydrogen) atoms. The second kappa shape index (κ2) is 7.56. The number of nitrogens with one attached hydrogen (secondary N) is 1. The van der Waals surface area contributed by atoms with Crippen molar-refractivity contribution < 1.29 is 0 Å². The minimum absolute atomic E-state index is 0.783. The van der Waals surface area contributed by atoms with Crippen molar-refractivity contribution in [2.75, 3.05) is 20.1 Å². The molecule has 74 valence electrons. The average Bonchev–Trinajstić information content (AvgIpc) is 2.03. The molecule has 0 amide bonds. The Morgan fingerprint density at radius 1 is 1.25 bits per heavy atom. The van der Waals surface area contributed by atoms with Crippen molar-refractivity contribution in [2.24, 2.45) is 17.6 Å². The van der Waals surface area contributed by atoms with E-state index < -0.39 is 0 Å². The van der Waals surface area contributed by atoms with Gasteiger partial charge in [-0.05, 0) is 51.2 Å². The first-order valence-corrected chi connectivity index (χ1v) is 5.07. The van der Waals surface area contributed by atoms with Crippen LogP contribution < -0.4 is 11.1 Å². The zero-order chi connectivity index (χ0) is 9.40. The molecule has 2 heteroatoms. The normalized spacial score (nSPS) is 13.8. The highest BCUT2D eigenvalue weighted by Gasteiger charge is 2.11. The molecule has 0 fully saturated rings. The van der Waals surface area contributed by atoms with E-state index in [-0.39, 0.29) is 0 Å². The molecule has 0 aliphatic carbocycles. The van der Waals surface area contributed by atoms with Crippen LogP contribution in [0.1, 0.15) is 33.1 Å². The summed E-state index contributed by atoms with van der Waals surface area (Å²) in [7, 11) is 2.01. The maximum atomic E-state index is 5.56. The summed E-state index contributed by atoms with van der Waals surface area (Å²) < 4.78 is 0. The first-order valence-electron chi connectivity index (χ1n) is 5.07. The van der Waals surface area contributed by atoms with Crippen LogP contribution in [0.25, 0.3) is 0 Å². The fraction of sp³-hybridized carbons (Fsp3) is 1.00. The van der Waals surface area contributed by atoms with E-state index in [4.69, 9.17) is 5.73 Å². The van der Waals surface area contributed by atoms with E-state index in [1.54, 1.807) is 0 Å². The van der Waals surface area contributed by atoms with Gasteiger partial charge >= 0.3 is 0 Å². The van der Waals surface area contributed by atoms with Crippen molar-refractivity contribution in [3.8, 4) is 0 Å². The summed E-state index contributed by atoms with van der Waals surface area (Å²) in [6.07, 6.45) is 3.77. The van der Waals surface area contributed by atoms with E-state index >= 15 is 0 Å². The van der Waals surface area contributed by atoms with E-state index in [9.17, 15) is 0 Å². The Morgan fingerprint density at radius 3 is 2.33 bits per heavy atom. The molecule has 0 heterocycles. The molecule has 0 radical (unpaired) electrons. The maximum absolute atomic E-state index is 5.56. The van der Waals surface area contributed by atoms with Crippen LogP contribution in [-0.2, 0) is 0 Å². The number of rotatable bonds is 7. The quantitative estimate of drug-likeness (QED) is 0.573. The predicted molar refractivity (Wildman–Crippen MR) is 55.2 cm³/mol. The van der Waals surface area contributed by atoms with E-state index in [0.29, 0.717) is 0 Å². The Kier molecular flexibility index (Phi) is 7.51. The van der Waals surface area contributed by atoms with Gasteiger partial charge in [-0.1, -0.05) is 13.8 Å². The highest BCUT2D eigenvalue weighted by molar-refractivity contribution is 4.64. The van der Waals surface area contributed by atoms with Crippen molar-refractivity contribution in [1.82, 2.24) is 5.32 Å². The molecule has 1 unspecified atom stereocenters. The summed E-state index contributed by atoms with van der Waals surface area (Å²) in [5.41, 5.74) is 5.56. The molecular formula is C10H24N2.